The van der Waals surface area contributed by atoms with Crippen molar-refractivity contribution >= 4 is 27.7 Å². The van der Waals surface area contributed by atoms with Crippen LogP contribution in [-0.2, 0) is 6.54 Å². The van der Waals surface area contributed by atoms with Crippen LogP contribution in [0.5, 0.6) is 5.75 Å². The molecule has 1 aromatic carbocycles. The van der Waals surface area contributed by atoms with Crippen molar-refractivity contribution in [1.82, 2.24) is 5.32 Å². The first kappa shape index (κ1) is 15.9. The monoisotopic (exact) mass is 331 g/mol. The van der Waals surface area contributed by atoms with Gasteiger partial charge in [-0.15, -0.1) is 0 Å². The van der Waals surface area contributed by atoms with Crippen molar-refractivity contribution in [2.24, 2.45) is 0 Å². The van der Waals surface area contributed by atoms with Crippen molar-refractivity contribution in [3.8, 4) is 5.75 Å². The summed E-state index contributed by atoms with van der Waals surface area (Å²) in [4.78, 5) is 0. The van der Waals surface area contributed by atoms with E-state index >= 15 is 0 Å². The Balaban J connectivity index is 2.57. The Morgan fingerprint density at radius 1 is 1.33 bits per heavy atom. The third-order valence-corrected chi connectivity index (χ3v) is 5.61. The van der Waals surface area contributed by atoms with E-state index < -0.39 is 0 Å². The van der Waals surface area contributed by atoms with Gasteiger partial charge in [0.25, 0.3) is 0 Å². The molecule has 1 aromatic rings. The molecule has 0 bridgehead atoms. The molecule has 0 aliphatic carbocycles. The second kappa shape index (κ2) is 7.41. The van der Waals surface area contributed by atoms with Crippen molar-refractivity contribution in [1.29, 1.82) is 0 Å². The lowest BCUT2D eigenvalue weighted by atomic mass is 10.0. The maximum Gasteiger partial charge on any atom is 0.120 e. The molecule has 0 spiro atoms. The lowest BCUT2D eigenvalue weighted by molar-refractivity contribution is 0.456. The minimum atomic E-state index is 0.307. The molecular weight excluding hydrogens is 310 g/mol. The van der Waals surface area contributed by atoms with Crippen molar-refractivity contribution in [3.05, 3.63) is 28.2 Å². The van der Waals surface area contributed by atoms with Crippen LogP contribution in [0.2, 0.25) is 0 Å². The van der Waals surface area contributed by atoms with Gasteiger partial charge in [-0.2, -0.15) is 11.8 Å². The van der Waals surface area contributed by atoms with E-state index in [0.717, 1.165) is 29.4 Å². The molecule has 0 heterocycles. The van der Waals surface area contributed by atoms with Gasteiger partial charge < -0.3 is 10.4 Å². The smallest absolute Gasteiger partial charge is 0.120 e. The largest absolute Gasteiger partial charge is 0.508 e. The molecule has 0 saturated carbocycles. The molecule has 0 radical (unpaired) electrons. The number of halogens is 1. The fourth-order valence-electron chi connectivity index (χ4n) is 1.98. The number of thioether (sulfide) groups is 1. The van der Waals surface area contributed by atoms with E-state index in [1.165, 1.54) is 0 Å². The van der Waals surface area contributed by atoms with E-state index in [9.17, 15) is 5.11 Å². The lowest BCUT2D eigenvalue weighted by Crippen LogP contribution is -2.36. The van der Waals surface area contributed by atoms with Gasteiger partial charge in [-0.3, -0.25) is 0 Å². The topological polar surface area (TPSA) is 32.3 Å². The Kier molecular flexibility index (Phi) is 6.53. The fourth-order valence-corrected chi connectivity index (χ4v) is 3.21. The maximum absolute atomic E-state index is 9.77. The normalized spacial score (nSPS) is 11.8. The van der Waals surface area contributed by atoms with E-state index in [1.54, 1.807) is 6.07 Å². The molecule has 0 saturated heterocycles. The minimum Gasteiger partial charge on any atom is -0.508 e. The zero-order valence-corrected chi connectivity index (χ0v) is 13.7. The van der Waals surface area contributed by atoms with Gasteiger partial charge in [-0.1, -0.05) is 29.8 Å². The molecule has 0 fully saturated rings. The van der Waals surface area contributed by atoms with Crippen LogP contribution in [0.15, 0.2) is 22.7 Å². The maximum atomic E-state index is 9.77. The highest BCUT2D eigenvalue weighted by atomic mass is 79.9. The third-order valence-electron chi connectivity index (χ3n) is 3.53. The van der Waals surface area contributed by atoms with Gasteiger partial charge in [0.05, 0.1) is 0 Å². The molecule has 0 aromatic heterocycles. The SMILES string of the molecule is CCC(CC)(CNCc1cc(Br)ccc1O)SC. The second-order valence-corrected chi connectivity index (χ2v) is 6.66. The number of aromatic hydroxyl groups is 1. The molecule has 18 heavy (non-hydrogen) atoms. The van der Waals surface area contributed by atoms with Crippen molar-refractivity contribution < 1.29 is 5.11 Å². The predicted octanol–water partition coefficient (Wildman–Crippen LogP) is 4.17. The summed E-state index contributed by atoms with van der Waals surface area (Å²) < 4.78 is 1.31. The first-order valence-electron chi connectivity index (χ1n) is 6.30. The molecule has 102 valence electrons. The van der Waals surface area contributed by atoms with Crippen LogP contribution in [0.25, 0.3) is 0 Å². The summed E-state index contributed by atoms with van der Waals surface area (Å²) in [5, 5.41) is 13.2. The molecule has 2 N–H and O–H groups in total. The van der Waals surface area contributed by atoms with Crippen LogP contribution in [0.4, 0.5) is 0 Å². The van der Waals surface area contributed by atoms with E-state index in [-0.39, 0.29) is 0 Å². The van der Waals surface area contributed by atoms with E-state index in [1.807, 2.05) is 23.9 Å². The molecule has 0 unspecified atom stereocenters. The van der Waals surface area contributed by atoms with Crippen molar-refractivity contribution in [2.75, 3.05) is 12.8 Å². The lowest BCUT2D eigenvalue weighted by Gasteiger charge is -2.30. The first-order valence-corrected chi connectivity index (χ1v) is 8.32. The molecule has 0 aliphatic rings. The Labute approximate surface area is 123 Å². The van der Waals surface area contributed by atoms with Gasteiger partial charge in [0.1, 0.15) is 5.75 Å². The zero-order valence-electron chi connectivity index (χ0n) is 11.3. The molecule has 4 heteroatoms. The summed E-state index contributed by atoms with van der Waals surface area (Å²) in [6.45, 7) is 6.14. The molecule has 2 nitrogen and oxygen atoms in total. The van der Waals surface area contributed by atoms with Crippen LogP contribution >= 0.6 is 27.7 Å². The summed E-state index contributed by atoms with van der Waals surface area (Å²) in [6.07, 6.45) is 4.48. The van der Waals surface area contributed by atoms with Gasteiger partial charge in [0.15, 0.2) is 0 Å². The Bertz CT molecular complexity index is 372. The number of hydrogen-bond donors (Lipinski definition) is 2. The Hall–Kier alpha value is -0.190. The van der Waals surface area contributed by atoms with Gasteiger partial charge in [-0.05, 0) is 37.3 Å². The number of phenols is 1. The van der Waals surface area contributed by atoms with Gasteiger partial charge in [0, 0.05) is 27.9 Å². The summed E-state index contributed by atoms with van der Waals surface area (Å²) >= 11 is 5.35. The number of hydrogen-bond acceptors (Lipinski definition) is 3. The summed E-state index contributed by atoms with van der Waals surface area (Å²) in [5.41, 5.74) is 0.937. The number of phenolic OH excluding ortho intramolecular Hbond substituents is 1. The quantitative estimate of drug-likeness (QED) is 0.786. The molecule has 0 amide bonds. The minimum absolute atomic E-state index is 0.307. The van der Waals surface area contributed by atoms with E-state index in [0.29, 0.717) is 17.0 Å². The molecule has 0 atom stereocenters. The average molecular weight is 332 g/mol. The summed E-state index contributed by atoms with van der Waals surface area (Å²) in [6, 6.07) is 5.53. The predicted molar refractivity (Wildman–Crippen MR) is 84.3 cm³/mol. The van der Waals surface area contributed by atoms with Crippen LogP contribution in [0, 0.1) is 0 Å². The van der Waals surface area contributed by atoms with E-state index in [2.05, 4.69) is 41.3 Å². The van der Waals surface area contributed by atoms with Crippen LogP contribution in [0.3, 0.4) is 0 Å². The highest BCUT2D eigenvalue weighted by Gasteiger charge is 2.24. The summed E-state index contributed by atoms with van der Waals surface area (Å²) in [5.74, 6) is 0.355. The first-order chi connectivity index (χ1) is 8.56. The van der Waals surface area contributed by atoms with Gasteiger partial charge in [0.2, 0.25) is 0 Å². The van der Waals surface area contributed by atoms with Crippen LogP contribution < -0.4 is 5.32 Å². The van der Waals surface area contributed by atoms with Crippen molar-refractivity contribution in [3.63, 3.8) is 0 Å². The zero-order chi connectivity index (χ0) is 13.6. The Morgan fingerprint density at radius 3 is 2.56 bits per heavy atom. The standard InChI is InChI=1S/C14H22BrNOS/c1-4-14(5-2,18-3)10-16-9-11-8-12(15)6-7-13(11)17/h6-8,16-17H,4-5,9-10H2,1-3H3. The molecule has 1 rings (SSSR count). The molecular formula is C14H22BrNOS. The highest BCUT2D eigenvalue weighted by molar-refractivity contribution is 9.10. The summed E-state index contributed by atoms with van der Waals surface area (Å²) in [7, 11) is 0. The fraction of sp³-hybridized carbons (Fsp3) is 0.571. The Morgan fingerprint density at radius 2 is 2.00 bits per heavy atom. The van der Waals surface area contributed by atoms with E-state index in [4.69, 9.17) is 0 Å². The number of benzene rings is 1. The van der Waals surface area contributed by atoms with Gasteiger partial charge in [-0.25, -0.2) is 0 Å². The van der Waals surface area contributed by atoms with Crippen LogP contribution in [0.1, 0.15) is 32.3 Å². The highest BCUT2D eigenvalue weighted by Crippen LogP contribution is 2.30. The second-order valence-electron chi connectivity index (χ2n) is 4.47. The van der Waals surface area contributed by atoms with Crippen LogP contribution in [-0.4, -0.2) is 22.7 Å². The number of rotatable bonds is 7. The van der Waals surface area contributed by atoms with Gasteiger partial charge >= 0.3 is 0 Å². The number of nitrogens with one attached hydrogen (secondary N) is 1. The third kappa shape index (κ3) is 4.18. The van der Waals surface area contributed by atoms with Crippen molar-refractivity contribution in [2.45, 2.75) is 38.0 Å². The average Bonchev–Trinajstić information content (AvgIpc) is 2.39. The molecule has 0 aliphatic heterocycles.